The molecule has 0 aromatic carbocycles. The number of pyridine rings is 1. The number of aromatic nitrogens is 1. The van der Waals surface area contributed by atoms with Crippen molar-refractivity contribution in [1.82, 2.24) is 10.3 Å². The van der Waals surface area contributed by atoms with Gasteiger partial charge in [0.25, 0.3) is 0 Å². The molecule has 1 saturated carbocycles. The number of methoxy groups -OCH3 is 1. The quantitative estimate of drug-likeness (QED) is 0.834. The van der Waals surface area contributed by atoms with Crippen LogP contribution in [0.2, 0.25) is 0 Å². The predicted octanol–water partition coefficient (Wildman–Crippen LogP) is 3.93. The minimum Gasteiger partial charge on any atom is -0.464 e. The first-order chi connectivity index (χ1) is 11.6. The molecule has 4 nitrogen and oxygen atoms in total. The van der Waals surface area contributed by atoms with E-state index in [-0.39, 0.29) is 36.0 Å². The number of halogens is 2. The second-order valence-corrected chi connectivity index (χ2v) is 7.98. The highest BCUT2D eigenvalue weighted by Crippen LogP contribution is 2.41. The maximum absolute atomic E-state index is 13.5. The van der Waals surface area contributed by atoms with E-state index in [1.165, 1.54) is 7.11 Å². The van der Waals surface area contributed by atoms with Crippen molar-refractivity contribution in [3.63, 3.8) is 0 Å². The van der Waals surface area contributed by atoms with Gasteiger partial charge in [0.15, 0.2) is 0 Å². The normalized spacial score (nSPS) is 24.8. The lowest BCUT2D eigenvalue weighted by atomic mass is 9.89. The summed E-state index contributed by atoms with van der Waals surface area (Å²) in [6.07, 6.45) is 2.13. The largest absolute Gasteiger partial charge is 0.464 e. The van der Waals surface area contributed by atoms with Crippen molar-refractivity contribution in [2.75, 3.05) is 7.11 Å². The summed E-state index contributed by atoms with van der Waals surface area (Å²) in [6, 6.07) is 1.44. The van der Waals surface area contributed by atoms with Gasteiger partial charge in [-0.3, -0.25) is 0 Å². The molecule has 0 aliphatic heterocycles. The van der Waals surface area contributed by atoms with Gasteiger partial charge in [-0.1, -0.05) is 13.8 Å². The third kappa shape index (κ3) is 3.54. The van der Waals surface area contributed by atoms with Crippen LogP contribution < -0.4 is 5.32 Å². The molecule has 0 bridgehead atoms. The average Bonchev–Trinajstić information content (AvgIpc) is 3.04. The highest BCUT2D eigenvalue weighted by molar-refractivity contribution is 5.87. The molecule has 2 aliphatic carbocycles. The monoisotopic (exact) mass is 352 g/mol. The fourth-order valence-electron chi connectivity index (χ4n) is 4.10. The number of esters is 1. The summed E-state index contributed by atoms with van der Waals surface area (Å²) < 4.78 is 31.8. The number of hydrogen-bond donors (Lipinski definition) is 1. The van der Waals surface area contributed by atoms with Crippen LogP contribution in [0.3, 0.4) is 0 Å². The lowest BCUT2D eigenvalue weighted by Crippen LogP contribution is -2.31. The van der Waals surface area contributed by atoms with Gasteiger partial charge in [0.05, 0.1) is 12.8 Å². The number of nitrogens with one attached hydrogen (secondary N) is 1. The fourth-order valence-corrected chi connectivity index (χ4v) is 4.10. The summed E-state index contributed by atoms with van der Waals surface area (Å²) in [6.45, 7) is 6.21. The molecule has 6 heteroatoms. The van der Waals surface area contributed by atoms with Crippen LogP contribution in [-0.4, -0.2) is 30.0 Å². The molecule has 1 N–H and O–H groups in total. The first kappa shape index (κ1) is 18.2. The molecular formula is C19H26F2N2O2. The van der Waals surface area contributed by atoms with E-state index in [9.17, 15) is 13.6 Å². The van der Waals surface area contributed by atoms with Crippen molar-refractivity contribution in [1.29, 1.82) is 0 Å². The number of nitrogens with zero attached hydrogens (tertiary/aromatic N) is 1. The number of ether oxygens (including phenoxy) is 1. The Balaban J connectivity index is 1.92. The fraction of sp³-hybridized carbons (Fsp3) is 0.684. The van der Waals surface area contributed by atoms with Crippen molar-refractivity contribution in [3.8, 4) is 0 Å². The number of rotatable bonds is 4. The van der Waals surface area contributed by atoms with Crippen LogP contribution in [-0.2, 0) is 16.6 Å². The summed E-state index contributed by atoms with van der Waals surface area (Å²) in [5.41, 5.74) is 3.23. The number of carbonyl (C=O) groups excluding carboxylic acids is 1. The summed E-state index contributed by atoms with van der Waals surface area (Å²) in [7, 11) is 1.34. The van der Waals surface area contributed by atoms with E-state index in [1.807, 2.05) is 6.92 Å². The highest BCUT2D eigenvalue weighted by Gasteiger charge is 2.40. The minimum atomic E-state index is -2.57. The Labute approximate surface area is 147 Å². The summed E-state index contributed by atoms with van der Waals surface area (Å²) in [4.78, 5) is 16.6. The maximum atomic E-state index is 13.5. The predicted molar refractivity (Wildman–Crippen MR) is 91.1 cm³/mol. The van der Waals surface area contributed by atoms with E-state index >= 15 is 0 Å². The van der Waals surface area contributed by atoms with Crippen LogP contribution in [0.15, 0.2) is 6.07 Å². The molecule has 3 rings (SSSR count). The first-order valence-corrected chi connectivity index (χ1v) is 8.89. The highest BCUT2D eigenvalue weighted by atomic mass is 19.3. The van der Waals surface area contributed by atoms with E-state index in [1.54, 1.807) is 6.07 Å². The number of hydrogen-bond acceptors (Lipinski definition) is 4. The Hall–Kier alpha value is -1.56. The third-order valence-corrected chi connectivity index (χ3v) is 5.55. The molecule has 1 unspecified atom stereocenters. The van der Waals surface area contributed by atoms with Crippen LogP contribution in [0.25, 0.3) is 0 Å². The summed E-state index contributed by atoms with van der Waals surface area (Å²) >= 11 is 0. The molecule has 1 aromatic heterocycles. The third-order valence-electron chi connectivity index (χ3n) is 5.55. The Morgan fingerprint density at radius 2 is 2.12 bits per heavy atom. The van der Waals surface area contributed by atoms with E-state index in [0.29, 0.717) is 6.42 Å². The van der Waals surface area contributed by atoms with Crippen molar-refractivity contribution < 1.29 is 18.3 Å². The van der Waals surface area contributed by atoms with Crippen LogP contribution in [0, 0.1) is 0 Å². The van der Waals surface area contributed by atoms with Crippen molar-refractivity contribution in [2.45, 2.75) is 76.3 Å². The second-order valence-electron chi connectivity index (χ2n) is 7.98. The molecule has 2 aliphatic rings. The SMILES string of the molecule is COC(=O)c1cc(C(C)N[C@@H]2CCC(F)(F)C2)c2c(n1)C(C)(C)CC2. The molecular weight excluding hydrogens is 326 g/mol. The van der Waals surface area contributed by atoms with E-state index in [2.05, 4.69) is 24.1 Å². The van der Waals surface area contributed by atoms with E-state index in [0.717, 1.165) is 29.7 Å². The zero-order valence-corrected chi connectivity index (χ0v) is 15.3. The van der Waals surface area contributed by atoms with Gasteiger partial charge < -0.3 is 10.1 Å². The molecule has 1 aromatic rings. The second kappa shape index (κ2) is 6.31. The van der Waals surface area contributed by atoms with Gasteiger partial charge in [-0.05, 0) is 43.4 Å². The lowest BCUT2D eigenvalue weighted by molar-refractivity contribution is 0.00663. The molecule has 1 fully saturated rings. The molecule has 0 saturated heterocycles. The van der Waals surface area contributed by atoms with Gasteiger partial charge in [-0.15, -0.1) is 0 Å². The molecule has 138 valence electrons. The van der Waals surface area contributed by atoms with Gasteiger partial charge in [0, 0.05) is 30.3 Å². The zero-order chi connectivity index (χ0) is 18.4. The standard InChI is InChI=1S/C19H26F2N2O2/c1-11(22-12-5-8-19(20,21)10-12)14-9-15(17(24)25-4)23-16-13(14)6-7-18(16,2)3/h9,11-12,22H,5-8,10H2,1-4H3/t11?,12-/m1/s1. The topological polar surface area (TPSA) is 51.2 Å². The van der Waals surface area contributed by atoms with Crippen molar-refractivity contribution in [2.24, 2.45) is 0 Å². The molecule has 0 amide bonds. The van der Waals surface area contributed by atoms with Crippen LogP contribution in [0.5, 0.6) is 0 Å². The smallest absolute Gasteiger partial charge is 0.356 e. The molecule has 2 atom stereocenters. The molecule has 0 spiro atoms. The summed E-state index contributed by atoms with van der Waals surface area (Å²) in [5, 5.41) is 3.33. The molecule has 1 heterocycles. The maximum Gasteiger partial charge on any atom is 0.356 e. The van der Waals surface area contributed by atoms with Crippen LogP contribution in [0.4, 0.5) is 8.78 Å². The van der Waals surface area contributed by atoms with E-state index < -0.39 is 11.9 Å². The Kier molecular flexibility index (Phi) is 4.60. The van der Waals surface area contributed by atoms with Crippen molar-refractivity contribution in [3.05, 3.63) is 28.6 Å². The van der Waals surface area contributed by atoms with Crippen LogP contribution in [0.1, 0.15) is 79.8 Å². The average molecular weight is 352 g/mol. The van der Waals surface area contributed by atoms with Gasteiger partial charge >= 0.3 is 5.97 Å². The summed E-state index contributed by atoms with van der Waals surface area (Å²) in [5.74, 6) is -3.04. The Bertz CT molecular complexity index is 688. The Morgan fingerprint density at radius 3 is 2.72 bits per heavy atom. The van der Waals surface area contributed by atoms with Gasteiger partial charge in [-0.2, -0.15) is 0 Å². The molecule has 25 heavy (non-hydrogen) atoms. The number of fused-ring (bicyclic) bond motifs is 1. The van der Waals surface area contributed by atoms with Gasteiger partial charge in [-0.25, -0.2) is 18.6 Å². The van der Waals surface area contributed by atoms with Crippen molar-refractivity contribution >= 4 is 5.97 Å². The van der Waals surface area contributed by atoms with Gasteiger partial charge in [0.2, 0.25) is 5.92 Å². The number of carbonyl (C=O) groups is 1. The van der Waals surface area contributed by atoms with E-state index in [4.69, 9.17) is 4.74 Å². The minimum absolute atomic E-state index is 0.0632. The van der Waals surface area contributed by atoms with Crippen LogP contribution >= 0.6 is 0 Å². The first-order valence-electron chi connectivity index (χ1n) is 8.89. The number of alkyl halides is 2. The lowest BCUT2D eigenvalue weighted by Gasteiger charge is -2.24. The van der Waals surface area contributed by atoms with Gasteiger partial charge in [0.1, 0.15) is 5.69 Å². The Morgan fingerprint density at radius 1 is 1.40 bits per heavy atom. The zero-order valence-electron chi connectivity index (χ0n) is 15.3. The molecule has 0 radical (unpaired) electrons.